The van der Waals surface area contributed by atoms with Crippen molar-refractivity contribution in [3.8, 4) is 5.75 Å². The normalized spacial score (nSPS) is 17.2. The molecule has 0 aliphatic heterocycles. The first-order valence-electron chi connectivity index (χ1n) is 8.40. The van der Waals surface area contributed by atoms with E-state index in [1.54, 1.807) is 0 Å². The highest BCUT2D eigenvalue weighted by Gasteiger charge is 2.19. The lowest BCUT2D eigenvalue weighted by Crippen LogP contribution is -2.17. The zero-order chi connectivity index (χ0) is 13.6. The summed E-state index contributed by atoms with van der Waals surface area (Å²) in [5.74, 6) is 1.07. The number of hydrogen-bond acceptors (Lipinski definition) is 2. The van der Waals surface area contributed by atoms with Crippen LogP contribution in [0.3, 0.4) is 0 Å². The highest BCUT2D eigenvalue weighted by Crippen LogP contribution is 2.26. The number of benzene rings is 1. The molecule has 2 heteroatoms. The van der Waals surface area contributed by atoms with Crippen LogP contribution in [0.4, 0.5) is 0 Å². The Balaban J connectivity index is 1.24. The van der Waals surface area contributed by atoms with Crippen LogP contribution in [0.15, 0.2) is 18.2 Å². The van der Waals surface area contributed by atoms with Gasteiger partial charge in [-0.15, -0.1) is 0 Å². The smallest absolute Gasteiger partial charge is 0.119 e. The standard InChI is InChI=1S/C18H27NO/c1(3-12-19-17-9-10-17)2-4-13-20-18-11-8-15-6-5-7-16(15)14-18/h8,11,14,17,19H,1-7,9-10,12-13H2. The van der Waals surface area contributed by atoms with Crippen LogP contribution in [0.2, 0.25) is 0 Å². The number of rotatable bonds is 9. The lowest BCUT2D eigenvalue weighted by molar-refractivity contribution is 0.304. The molecule has 1 N–H and O–H groups in total. The Morgan fingerprint density at radius 1 is 1.00 bits per heavy atom. The molecule has 3 rings (SSSR count). The minimum absolute atomic E-state index is 0.859. The molecule has 0 unspecified atom stereocenters. The fourth-order valence-corrected chi connectivity index (χ4v) is 3.00. The molecule has 0 heterocycles. The number of unbranched alkanes of at least 4 members (excludes halogenated alkanes) is 3. The number of ether oxygens (including phenoxy) is 1. The fraction of sp³-hybridized carbons (Fsp3) is 0.667. The minimum atomic E-state index is 0.859. The molecule has 1 saturated carbocycles. The van der Waals surface area contributed by atoms with Gasteiger partial charge in [-0.1, -0.05) is 18.9 Å². The SMILES string of the molecule is c1cc2c(cc1OCCCCCCNC1CC1)CCC2. The third-order valence-corrected chi connectivity index (χ3v) is 4.42. The van der Waals surface area contributed by atoms with Crippen LogP contribution in [-0.2, 0) is 12.8 Å². The van der Waals surface area contributed by atoms with E-state index in [4.69, 9.17) is 4.74 Å². The summed E-state index contributed by atoms with van der Waals surface area (Å²) >= 11 is 0. The summed E-state index contributed by atoms with van der Waals surface area (Å²) in [7, 11) is 0. The van der Waals surface area contributed by atoms with Gasteiger partial charge in [0.2, 0.25) is 0 Å². The van der Waals surface area contributed by atoms with E-state index in [9.17, 15) is 0 Å². The maximum Gasteiger partial charge on any atom is 0.119 e. The number of hydrogen-bond donors (Lipinski definition) is 1. The molecule has 1 aromatic carbocycles. The van der Waals surface area contributed by atoms with E-state index in [-0.39, 0.29) is 0 Å². The lowest BCUT2D eigenvalue weighted by atomic mass is 10.1. The van der Waals surface area contributed by atoms with Gasteiger partial charge in [0.25, 0.3) is 0 Å². The molecule has 1 aromatic rings. The molecule has 0 saturated heterocycles. The molecule has 1 fully saturated rings. The van der Waals surface area contributed by atoms with E-state index in [1.807, 2.05) is 0 Å². The summed E-state index contributed by atoms with van der Waals surface area (Å²) in [6.45, 7) is 2.07. The highest BCUT2D eigenvalue weighted by atomic mass is 16.5. The van der Waals surface area contributed by atoms with Gasteiger partial charge < -0.3 is 10.1 Å². The van der Waals surface area contributed by atoms with Gasteiger partial charge in [0, 0.05) is 6.04 Å². The summed E-state index contributed by atoms with van der Waals surface area (Å²) in [6.07, 6.45) is 11.7. The number of fused-ring (bicyclic) bond motifs is 1. The quantitative estimate of drug-likeness (QED) is 0.690. The van der Waals surface area contributed by atoms with Crippen LogP contribution in [0, 0.1) is 0 Å². The maximum atomic E-state index is 5.87. The molecule has 2 aliphatic carbocycles. The van der Waals surface area contributed by atoms with Crippen molar-refractivity contribution < 1.29 is 4.74 Å². The molecular weight excluding hydrogens is 246 g/mol. The minimum Gasteiger partial charge on any atom is -0.494 e. The van der Waals surface area contributed by atoms with Crippen LogP contribution in [0.25, 0.3) is 0 Å². The van der Waals surface area contributed by atoms with Gasteiger partial charge in [0.05, 0.1) is 6.61 Å². The summed E-state index contributed by atoms with van der Waals surface area (Å²) in [4.78, 5) is 0. The van der Waals surface area contributed by atoms with Gasteiger partial charge in [-0.05, 0) is 74.8 Å². The highest BCUT2D eigenvalue weighted by molar-refractivity contribution is 5.38. The van der Waals surface area contributed by atoms with Crippen molar-refractivity contribution in [1.29, 1.82) is 0 Å². The fourth-order valence-electron chi connectivity index (χ4n) is 3.00. The Hall–Kier alpha value is -1.02. The van der Waals surface area contributed by atoms with Gasteiger partial charge in [-0.2, -0.15) is 0 Å². The first-order chi connectivity index (χ1) is 9.92. The van der Waals surface area contributed by atoms with Crippen molar-refractivity contribution >= 4 is 0 Å². The lowest BCUT2D eigenvalue weighted by Gasteiger charge is -2.08. The Morgan fingerprint density at radius 2 is 1.85 bits per heavy atom. The summed E-state index contributed by atoms with van der Waals surface area (Å²) in [6, 6.07) is 7.51. The molecule has 2 aliphatic rings. The third kappa shape index (κ3) is 4.24. The van der Waals surface area contributed by atoms with E-state index < -0.39 is 0 Å². The summed E-state index contributed by atoms with van der Waals surface area (Å²) in [5.41, 5.74) is 3.04. The maximum absolute atomic E-state index is 5.87. The topological polar surface area (TPSA) is 21.3 Å². The second-order valence-electron chi connectivity index (χ2n) is 6.28. The molecule has 2 nitrogen and oxygen atoms in total. The molecule has 0 spiro atoms. The Bertz CT molecular complexity index is 425. The Labute approximate surface area is 122 Å². The molecule has 20 heavy (non-hydrogen) atoms. The number of nitrogens with one attached hydrogen (secondary N) is 1. The zero-order valence-corrected chi connectivity index (χ0v) is 12.5. The molecule has 0 radical (unpaired) electrons. The van der Waals surface area contributed by atoms with E-state index in [0.29, 0.717) is 0 Å². The van der Waals surface area contributed by atoms with Crippen LogP contribution >= 0.6 is 0 Å². The van der Waals surface area contributed by atoms with Crippen molar-refractivity contribution in [1.82, 2.24) is 5.32 Å². The number of aryl methyl sites for hydroxylation is 2. The largest absolute Gasteiger partial charge is 0.494 e. The first-order valence-corrected chi connectivity index (χ1v) is 8.40. The molecule has 0 aromatic heterocycles. The molecule has 110 valence electrons. The molecule has 0 atom stereocenters. The summed E-state index contributed by atoms with van der Waals surface area (Å²) < 4.78 is 5.87. The first kappa shape index (κ1) is 13.9. The Kier molecular flexibility index (Phi) is 4.96. The summed E-state index contributed by atoms with van der Waals surface area (Å²) in [5, 5.41) is 3.57. The predicted molar refractivity (Wildman–Crippen MR) is 83.5 cm³/mol. The molecule has 0 amide bonds. The van der Waals surface area contributed by atoms with Gasteiger partial charge in [-0.3, -0.25) is 0 Å². The van der Waals surface area contributed by atoms with Gasteiger partial charge in [0.15, 0.2) is 0 Å². The third-order valence-electron chi connectivity index (χ3n) is 4.42. The van der Waals surface area contributed by atoms with Crippen molar-refractivity contribution in [2.75, 3.05) is 13.2 Å². The molecule has 0 bridgehead atoms. The van der Waals surface area contributed by atoms with E-state index in [2.05, 4.69) is 23.5 Å². The van der Waals surface area contributed by atoms with Crippen molar-refractivity contribution in [2.24, 2.45) is 0 Å². The average Bonchev–Trinajstić information content (AvgIpc) is 3.17. The van der Waals surface area contributed by atoms with E-state index in [0.717, 1.165) is 18.4 Å². The van der Waals surface area contributed by atoms with Crippen molar-refractivity contribution in [3.63, 3.8) is 0 Å². The van der Waals surface area contributed by atoms with Gasteiger partial charge >= 0.3 is 0 Å². The second kappa shape index (κ2) is 7.12. The van der Waals surface area contributed by atoms with Crippen LogP contribution in [0.5, 0.6) is 5.75 Å². The van der Waals surface area contributed by atoms with Gasteiger partial charge in [-0.25, -0.2) is 0 Å². The predicted octanol–water partition coefficient (Wildman–Crippen LogP) is 3.87. The van der Waals surface area contributed by atoms with Crippen LogP contribution < -0.4 is 10.1 Å². The van der Waals surface area contributed by atoms with Crippen LogP contribution in [-0.4, -0.2) is 19.2 Å². The van der Waals surface area contributed by atoms with E-state index in [1.165, 1.54) is 75.5 Å². The second-order valence-corrected chi connectivity index (χ2v) is 6.28. The zero-order valence-electron chi connectivity index (χ0n) is 12.5. The van der Waals surface area contributed by atoms with Crippen molar-refractivity contribution in [3.05, 3.63) is 29.3 Å². The Morgan fingerprint density at radius 3 is 2.75 bits per heavy atom. The average molecular weight is 273 g/mol. The van der Waals surface area contributed by atoms with Crippen molar-refractivity contribution in [2.45, 2.75) is 63.8 Å². The van der Waals surface area contributed by atoms with E-state index >= 15 is 0 Å². The monoisotopic (exact) mass is 273 g/mol. The molecular formula is C18H27NO. The van der Waals surface area contributed by atoms with Crippen LogP contribution in [0.1, 0.15) is 56.1 Å². The van der Waals surface area contributed by atoms with Gasteiger partial charge in [0.1, 0.15) is 5.75 Å².